The van der Waals surface area contributed by atoms with Crippen LogP contribution in [0.2, 0.25) is 0 Å². The van der Waals surface area contributed by atoms with Gasteiger partial charge in [-0.2, -0.15) is 9.97 Å². The van der Waals surface area contributed by atoms with Crippen LogP contribution in [0.15, 0.2) is 32.5 Å². The Labute approximate surface area is 315 Å². The van der Waals surface area contributed by atoms with Gasteiger partial charge in [0.25, 0.3) is 11.1 Å². The average Bonchev–Trinajstić information content (AvgIpc) is 3.94. The smallest absolute Gasteiger partial charge is 0.280 e. The van der Waals surface area contributed by atoms with Crippen molar-refractivity contribution in [3.05, 3.63) is 54.2 Å². The number of imidazole rings is 2. The van der Waals surface area contributed by atoms with Gasteiger partial charge in [-0.3, -0.25) is 43.4 Å². The highest BCUT2D eigenvalue weighted by atomic mass is 32.4. The Kier molecular flexibility index (Phi) is 15.9. The summed E-state index contributed by atoms with van der Waals surface area (Å²) in [4.78, 5) is 62.8. The van der Waals surface area contributed by atoms with E-state index in [1.165, 1.54) is 17.2 Å². The van der Waals surface area contributed by atoms with Gasteiger partial charge in [-0.05, 0) is 25.2 Å². The van der Waals surface area contributed by atoms with Gasteiger partial charge >= 0.3 is 0 Å². The van der Waals surface area contributed by atoms with Crippen LogP contribution in [-0.4, -0.2) is 101 Å². The molecule has 4 unspecified atom stereocenters. The van der Waals surface area contributed by atoms with Gasteiger partial charge in [-0.1, -0.05) is 39.8 Å². The van der Waals surface area contributed by atoms with Crippen molar-refractivity contribution >= 4 is 64.5 Å². The number of nitrogens with one attached hydrogen (secondary N) is 3. The van der Waals surface area contributed by atoms with E-state index in [4.69, 9.17) is 35.7 Å². The Morgan fingerprint density at radius 1 is 1.04 bits per heavy atom. The molecule has 28 heteroatoms. The molecule has 0 radical (unpaired) electrons. The number of ether oxygens (including phenoxy) is 4. The van der Waals surface area contributed by atoms with Crippen molar-refractivity contribution in [3.63, 3.8) is 0 Å². The molecular formula is C27H39N16O9P3. The number of aromatic amines is 2. The number of aliphatic hydroxyl groups is 1. The van der Waals surface area contributed by atoms with Gasteiger partial charge in [0.1, 0.15) is 32.0 Å². The molecule has 0 spiro atoms. The van der Waals surface area contributed by atoms with Crippen molar-refractivity contribution in [3.8, 4) is 0 Å². The molecule has 25 nitrogen and oxygen atoms in total. The predicted molar refractivity (Wildman–Crippen MR) is 202 cm³/mol. The van der Waals surface area contributed by atoms with Crippen LogP contribution in [0.4, 0.5) is 11.9 Å². The summed E-state index contributed by atoms with van der Waals surface area (Å²) in [5.74, 6) is -0.584. The quantitative estimate of drug-likeness (QED) is 0.0377. The minimum atomic E-state index is -0.640. The zero-order valence-electron chi connectivity index (χ0n) is 28.5. The second kappa shape index (κ2) is 20.3. The van der Waals surface area contributed by atoms with Crippen LogP contribution in [-0.2, 0) is 28.3 Å². The van der Waals surface area contributed by atoms with Crippen LogP contribution in [0, 0.1) is 5.92 Å². The molecular weight excluding hydrogens is 785 g/mol. The first-order valence-corrected chi connectivity index (χ1v) is 20.9. The fraction of sp³-hybridized carbons (Fsp3) is 0.593. The van der Waals surface area contributed by atoms with E-state index >= 15 is 0 Å². The van der Waals surface area contributed by atoms with Gasteiger partial charge in [0, 0.05) is 28.6 Å². The second-order valence-corrected chi connectivity index (χ2v) is 17.2. The maximum absolute atomic E-state index is 12.3. The molecule has 6 heterocycles. The van der Waals surface area contributed by atoms with Gasteiger partial charge in [0.05, 0.1) is 37.6 Å². The number of hydrogen-bond acceptors (Lipinski definition) is 16. The number of rotatable bonds is 15. The molecule has 2 saturated heterocycles. The molecule has 2 aliphatic rings. The Morgan fingerprint density at radius 2 is 1.58 bits per heavy atom. The Balaban J connectivity index is 0.000000241. The lowest BCUT2D eigenvalue weighted by Crippen LogP contribution is -2.27. The lowest BCUT2D eigenvalue weighted by molar-refractivity contribution is -0.118. The van der Waals surface area contributed by atoms with Crippen molar-refractivity contribution in [1.29, 1.82) is 0 Å². The monoisotopic (exact) mass is 824 g/mol. The number of azide groups is 2. The van der Waals surface area contributed by atoms with Gasteiger partial charge in [0.2, 0.25) is 17.8 Å². The fourth-order valence-corrected chi connectivity index (χ4v) is 8.73. The first-order chi connectivity index (χ1) is 26.1. The highest BCUT2D eigenvalue weighted by Crippen LogP contribution is 2.49. The number of nitrogens with zero attached hydrogens (tertiary/aromatic N) is 12. The number of H-pyrrole nitrogens is 2. The zero-order chi connectivity index (χ0) is 38.8. The van der Waals surface area contributed by atoms with Gasteiger partial charge in [0.15, 0.2) is 30.5 Å². The van der Waals surface area contributed by atoms with Crippen molar-refractivity contribution in [1.82, 2.24) is 39.0 Å². The van der Waals surface area contributed by atoms with E-state index in [0.717, 1.165) is 0 Å². The molecule has 2 fully saturated rings. The first-order valence-electron chi connectivity index (χ1n) is 16.0. The summed E-state index contributed by atoms with van der Waals surface area (Å²) in [5, 5.41) is 18.8. The fourth-order valence-electron chi connectivity index (χ4n) is 5.54. The molecule has 0 aromatic carbocycles. The van der Waals surface area contributed by atoms with Crippen LogP contribution in [0.5, 0.6) is 0 Å². The van der Waals surface area contributed by atoms with E-state index in [1.807, 2.05) is 0 Å². The number of fused-ring (bicyclic) bond motifs is 2. The summed E-state index contributed by atoms with van der Waals surface area (Å²) in [6.07, 6.45) is 1.57. The zero-order valence-corrected chi connectivity index (χ0v) is 31.4. The highest BCUT2D eigenvalue weighted by Gasteiger charge is 2.38. The second-order valence-electron chi connectivity index (χ2n) is 11.8. The van der Waals surface area contributed by atoms with Gasteiger partial charge in [-0.15, -0.1) is 0 Å². The van der Waals surface area contributed by atoms with Gasteiger partial charge < -0.3 is 29.8 Å². The number of anilines is 2. The maximum atomic E-state index is 12.3. The summed E-state index contributed by atoms with van der Waals surface area (Å²) < 4.78 is 36.7. The maximum Gasteiger partial charge on any atom is 0.280 e. The number of aliphatic hydroxyl groups excluding tert-OH is 1. The van der Waals surface area contributed by atoms with Crippen LogP contribution in [0.25, 0.3) is 43.2 Å². The molecule has 6 N–H and O–H groups in total. The topological polar surface area (TPSA) is 354 Å². The number of aromatic nitrogens is 8. The van der Waals surface area contributed by atoms with E-state index < -0.39 is 35.8 Å². The summed E-state index contributed by atoms with van der Waals surface area (Å²) >= 11 is 0. The summed E-state index contributed by atoms with van der Waals surface area (Å²) in [7, 11) is 0.902. The molecule has 4 aromatic rings. The number of nitrogen functional groups attached to an aromatic ring is 1. The number of hydrogen-bond donors (Lipinski definition) is 5. The number of carbonyl (C=O) groups is 1. The molecule has 0 bridgehead atoms. The Morgan fingerprint density at radius 3 is 2.13 bits per heavy atom. The third kappa shape index (κ3) is 10.6. The summed E-state index contributed by atoms with van der Waals surface area (Å²) in [5.41, 5.74) is 22.3. The average molecular weight is 825 g/mol. The van der Waals surface area contributed by atoms with Crippen LogP contribution < -0.4 is 22.2 Å². The molecule has 0 aliphatic carbocycles. The minimum Gasteiger partial charge on any atom is -0.394 e. The van der Waals surface area contributed by atoms with E-state index in [2.05, 4.69) is 55.3 Å². The van der Waals surface area contributed by atoms with Crippen molar-refractivity contribution < 1.29 is 33.4 Å². The molecule has 0 saturated carbocycles. The molecule has 2 aliphatic heterocycles. The minimum absolute atomic E-state index is 0. The van der Waals surface area contributed by atoms with E-state index in [9.17, 15) is 24.1 Å². The first kappa shape index (κ1) is 43.1. The molecule has 6 rings (SSSR count). The third-order valence-corrected chi connectivity index (χ3v) is 12.5. The largest absolute Gasteiger partial charge is 0.394 e. The third-order valence-electron chi connectivity index (χ3n) is 8.06. The normalized spacial score (nSPS) is 22.3. The number of nitrogens with two attached hydrogens (primary N) is 1. The predicted octanol–water partition coefficient (Wildman–Crippen LogP) is 3.40. The van der Waals surface area contributed by atoms with E-state index in [1.54, 1.807) is 18.4 Å². The highest BCUT2D eigenvalue weighted by molar-refractivity contribution is 8.40. The molecule has 55 heavy (non-hydrogen) atoms. The standard InChI is InChI=1S/C15H20N8O5.C11H15N8O4P3.CH4/c1-7(2)13(25)20-15-19-12-11(14(26)21-15)17-5-23(12)10-3-8(9(4-24)28-10)27-6-18-22-16;12-11-16-9-8(10(20)17-11)14-3-19(9)7-1-5(22-4-15-18-13)6(23-7)2-24-26-25-21;/h5,7-10,24H,3-4,6H2,1-2H3,(H2,19,20,21,25,26);3,5-7,24,26H,1-2,4H2,(H3,12,16,17,20);1H4/t8?,9-,10-;5?,6-,7-;/m11./s1. The van der Waals surface area contributed by atoms with Crippen molar-refractivity contribution in [2.24, 2.45) is 16.1 Å². The number of amides is 1. The summed E-state index contributed by atoms with van der Waals surface area (Å²) in [6, 6.07) is 0. The van der Waals surface area contributed by atoms with Crippen molar-refractivity contribution in [2.45, 2.75) is 71.0 Å². The Bertz CT molecular complexity index is 2170. The van der Waals surface area contributed by atoms with Crippen molar-refractivity contribution in [2.75, 3.05) is 37.3 Å². The molecule has 1 amide bonds. The molecule has 4 aromatic heterocycles. The Hall–Kier alpha value is -4.65. The lowest BCUT2D eigenvalue weighted by Gasteiger charge is -2.17. The van der Waals surface area contributed by atoms with Crippen LogP contribution >= 0.6 is 24.4 Å². The van der Waals surface area contributed by atoms with Gasteiger partial charge in [-0.25, -0.2) is 9.97 Å². The van der Waals surface area contributed by atoms with Crippen LogP contribution in [0.1, 0.15) is 46.6 Å². The van der Waals surface area contributed by atoms with E-state index in [-0.39, 0.29) is 88.3 Å². The van der Waals surface area contributed by atoms with Crippen LogP contribution in [0.3, 0.4) is 0 Å². The lowest BCUT2D eigenvalue weighted by atomic mass is 10.2. The SMILES string of the molecule is C.CC(C)C(=O)Nc1nc2c(ncn2[C@H]2CC(OCN=[N+]=[N-])[C@@H](CO)O2)c(=O)[nH]1.[N-]=[N+]=NCOC1C[C@H](n2cnc3c(=O)[nH]c(N)nc32)O[C@@H]1CPPP=O. The summed E-state index contributed by atoms with van der Waals surface area (Å²) in [6.45, 7) is 2.84. The van der Waals surface area contributed by atoms with E-state index in [0.29, 0.717) is 40.9 Å². The molecule has 8 atom stereocenters. The number of carbonyl (C=O) groups excluding carboxylic acids is 1. The molecule has 296 valence electrons.